The van der Waals surface area contributed by atoms with Gasteiger partial charge in [0.15, 0.2) is 0 Å². The molecule has 5 nitrogen and oxygen atoms in total. The summed E-state index contributed by atoms with van der Waals surface area (Å²) in [6.07, 6.45) is 8.26. The molecule has 1 aliphatic rings. The van der Waals surface area contributed by atoms with Crippen molar-refractivity contribution in [2.24, 2.45) is 5.92 Å². The van der Waals surface area contributed by atoms with Gasteiger partial charge in [-0.05, 0) is 78.8 Å². The zero-order valence-corrected chi connectivity index (χ0v) is 21.4. The van der Waals surface area contributed by atoms with Crippen LogP contribution in [0.1, 0.15) is 35.2 Å². The average Bonchev–Trinajstić information content (AvgIpc) is 3.76. The van der Waals surface area contributed by atoms with E-state index in [0.717, 1.165) is 50.6 Å². The molecule has 0 atom stereocenters. The van der Waals surface area contributed by atoms with Crippen LogP contribution >= 0.6 is 0 Å². The van der Waals surface area contributed by atoms with Gasteiger partial charge in [0.05, 0.1) is 35.2 Å². The van der Waals surface area contributed by atoms with Crippen molar-refractivity contribution in [1.82, 2.24) is 9.97 Å². The van der Waals surface area contributed by atoms with Gasteiger partial charge in [-0.15, -0.1) is 0 Å². The van der Waals surface area contributed by atoms with Crippen LogP contribution in [0.25, 0.3) is 11.1 Å². The maximum Gasteiger partial charge on any atom is 0.123 e. The fourth-order valence-corrected chi connectivity index (χ4v) is 4.31. The fourth-order valence-electron chi connectivity index (χ4n) is 4.31. The molecule has 190 valence electrons. The molecule has 0 spiro atoms. The lowest BCUT2D eigenvalue weighted by atomic mass is 9.96. The molecule has 1 saturated carbocycles. The zero-order chi connectivity index (χ0) is 26.6. The number of allylic oxidation sites excluding steroid dienone is 2. The maximum absolute atomic E-state index is 13.5. The summed E-state index contributed by atoms with van der Waals surface area (Å²) >= 11 is 0. The number of hydrogen-bond acceptors (Lipinski definition) is 5. The van der Waals surface area contributed by atoms with E-state index >= 15 is 0 Å². The Morgan fingerprint density at radius 3 is 2.53 bits per heavy atom. The largest absolute Gasteiger partial charge is 0.358 e. The fraction of sp³-hybridized carbons (Fsp3) is 0.156. The van der Waals surface area contributed by atoms with Crippen molar-refractivity contribution >= 4 is 17.1 Å². The summed E-state index contributed by atoms with van der Waals surface area (Å²) in [4.78, 5) is 8.89. The Morgan fingerprint density at radius 2 is 1.79 bits per heavy atom. The highest BCUT2D eigenvalue weighted by Gasteiger charge is 2.24. The van der Waals surface area contributed by atoms with Crippen LogP contribution in [0.4, 0.5) is 15.8 Å². The summed E-state index contributed by atoms with van der Waals surface area (Å²) in [6, 6.07) is 18.4. The molecule has 1 aliphatic carbocycles. The second kappa shape index (κ2) is 10.8. The van der Waals surface area contributed by atoms with Crippen LogP contribution in [0, 0.1) is 24.1 Å². The van der Waals surface area contributed by atoms with E-state index in [-0.39, 0.29) is 5.82 Å². The molecule has 3 N–H and O–H groups in total. The Labute approximate surface area is 222 Å². The molecule has 0 amide bonds. The van der Waals surface area contributed by atoms with E-state index < -0.39 is 0 Å². The van der Waals surface area contributed by atoms with Gasteiger partial charge in [0, 0.05) is 35.1 Å². The highest BCUT2D eigenvalue weighted by atomic mass is 19.1. The summed E-state index contributed by atoms with van der Waals surface area (Å²) in [5, 5.41) is 15.4. The van der Waals surface area contributed by atoms with E-state index in [1.165, 1.54) is 25.0 Å². The van der Waals surface area contributed by atoms with Gasteiger partial charge >= 0.3 is 0 Å². The van der Waals surface area contributed by atoms with Crippen molar-refractivity contribution in [2.45, 2.75) is 26.2 Å². The van der Waals surface area contributed by atoms with E-state index in [9.17, 15) is 4.39 Å². The Morgan fingerprint density at radius 1 is 0.947 bits per heavy atom. The minimum absolute atomic E-state index is 0.255. The van der Waals surface area contributed by atoms with Gasteiger partial charge in [0.2, 0.25) is 0 Å². The highest BCUT2D eigenvalue weighted by Crippen LogP contribution is 2.36. The molecule has 0 bridgehead atoms. The molecule has 6 heteroatoms. The van der Waals surface area contributed by atoms with Gasteiger partial charge in [-0.2, -0.15) is 0 Å². The van der Waals surface area contributed by atoms with E-state index in [4.69, 9.17) is 5.41 Å². The molecule has 2 heterocycles. The number of anilines is 2. The lowest BCUT2D eigenvalue weighted by Crippen LogP contribution is -2.12. The number of aromatic nitrogens is 2. The van der Waals surface area contributed by atoms with E-state index in [1.807, 2.05) is 49.5 Å². The molecule has 2 aromatic carbocycles. The first-order chi connectivity index (χ1) is 18.4. The zero-order valence-electron chi connectivity index (χ0n) is 21.4. The average molecular weight is 504 g/mol. The molecule has 38 heavy (non-hydrogen) atoms. The third-order valence-electron chi connectivity index (χ3n) is 6.65. The minimum atomic E-state index is -0.255. The number of hydrogen-bond donors (Lipinski definition) is 3. The molecule has 0 radical (unpaired) electrons. The number of halogens is 1. The van der Waals surface area contributed by atoms with Crippen molar-refractivity contribution in [3.63, 3.8) is 0 Å². The number of nitrogens with zero attached hydrogens (tertiary/aromatic N) is 2. The van der Waals surface area contributed by atoms with Gasteiger partial charge in [0.1, 0.15) is 5.82 Å². The van der Waals surface area contributed by atoms with Crippen LogP contribution in [0.3, 0.4) is 0 Å². The molecule has 4 aromatic rings. The van der Waals surface area contributed by atoms with E-state index in [1.54, 1.807) is 18.5 Å². The highest BCUT2D eigenvalue weighted by molar-refractivity contribution is 6.13. The molecular weight excluding hydrogens is 473 g/mol. The number of aryl methyl sites for hydroxylation is 1. The van der Waals surface area contributed by atoms with Crippen LogP contribution in [-0.2, 0) is 6.42 Å². The summed E-state index contributed by atoms with van der Waals surface area (Å²) < 4.78 is 13.5. The smallest absolute Gasteiger partial charge is 0.123 e. The molecule has 0 saturated heterocycles. The topological polar surface area (TPSA) is 73.7 Å². The lowest BCUT2D eigenvalue weighted by Gasteiger charge is -2.15. The van der Waals surface area contributed by atoms with Crippen LogP contribution in [0.5, 0.6) is 0 Å². The molecule has 0 aliphatic heterocycles. The van der Waals surface area contributed by atoms with Gasteiger partial charge in [0.25, 0.3) is 0 Å². The second-order valence-electron chi connectivity index (χ2n) is 9.74. The van der Waals surface area contributed by atoms with Gasteiger partial charge in [-0.25, -0.2) is 4.39 Å². The standard InChI is InChI=1S/C32H30FN5/c1-20-7-8-25(26-15-30(18-35-17-26)37-21(2)24-9-10-24)16-31(20)32(34)22(3)38-29-12-11-28(36-19-29)14-23-5-4-6-27(33)13-23/h4-8,11-13,15-19,24,34,37-38H,2-3,9-10,14H2,1H3. The first-order valence-corrected chi connectivity index (χ1v) is 12.6. The van der Waals surface area contributed by atoms with Gasteiger partial charge in [-0.3, -0.25) is 15.4 Å². The van der Waals surface area contributed by atoms with Gasteiger partial charge in [-0.1, -0.05) is 37.4 Å². The number of benzene rings is 2. The van der Waals surface area contributed by atoms with Crippen molar-refractivity contribution in [2.75, 3.05) is 10.6 Å². The quantitative estimate of drug-likeness (QED) is 0.196. The molecule has 2 aromatic heterocycles. The third-order valence-corrected chi connectivity index (χ3v) is 6.65. The van der Waals surface area contributed by atoms with Crippen LogP contribution < -0.4 is 10.6 Å². The third kappa shape index (κ3) is 6.03. The van der Waals surface area contributed by atoms with Crippen molar-refractivity contribution in [3.8, 4) is 11.1 Å². The van der Waals surface area contributed by atoms with Crippen molar-refractivity contribution in [1.29, 1.82) is 5.41 Å². The Hall–Kier alpha value is -4.58. The Balaban J connectivity index is 1.27. The van der Waals surface area contributed by atoms with Crippen LogP contribution in [0.2, 0.25) is 0 Å². The second-order valence-corrected chi connectivity index (χ2v) is 9.74. The van der Waals surface area contributed by atoms with Gasteiger partial charge < -0.3 is 10.6 Å². The molecular formula is C32H30FN5. The Kier molecular flexibility index (Phi) is 7.13. The van der Waals surface area contributed by atoms with Crippen LogP contribution in [0.15, 0.2) is 104 Å². The number of nitrogens with one attached hydrogen (secondary N) is 3. The monoisotopic (exact) mass is 503 g/mol. The number of pyridine rings is 2. The Bertz CT molecular complexity index is 1520. The number of rotatable bonds is 10. The van der Waals surface area contributed by atoms with Crippen LogP contribution in [-0.4, -0.2) is 15.7 Å². The summed E-state index contributed by atoms with van der Waals surface area (Å²) in [5.74, 6) is 0.304. The molecule has 5 rings (SSSR count). The van der Waals surface area contributed by atoms with Crippen molar-refractivity contribution < 1.29 is 4.39 Å². The SMILES string of the molecule is C=C(Nc1ccc(Cc2cccc(F)c2)nc1)C(=N)c1cc(-c2cncc(NC(=C)C3CC3)c2)ccc1C. The first-order valence-electron chi connectivity index (χ1n) is 12.6. The lowest BCUT2D eigenvalue weighted by molar-refractivity contribution is 0.626. The summed E-state index contributed by atoms with van der Waals surface area (Å²) in [5.41, 5.74) is 8.85. The molecule has 1 fully saturated rings. The summed E-state index contributed by atoms with van der Waals surface area (Å²) in [6.45, 7) is 10.2. The first kappa shape index (κ1) is 25.1. The predicted molar refractivity (Wildman–Crippen MR) is 153 cm³/mol. The minimum Gasteiger partial charge on any atom is -0.358 e. The predicted octanol–water partition coefficient (Wildman–Crippen LogP) is 7.51. The normalized spacial score (nSPS) is 12.6. The summed E-state index contributed by atoms with van der Waals surface area (Å²) in [7, 11) is 0. The van der Waals surface area contributed by atoms with E-state index in [2.05, 4.69) is 39.8 Å². The van der Waals surface area contributed by atoms with Crippen molar-refractivity contribution in [3.05, 3.63) is 132 Å². The molecule has 0 unspecified atom stereocenters. The van der Waals surface area contributed by atoms with E-state index in [0.29, 0.717) is 23.7 Å². The maximum atomic E-state index is 13.5.